The predicted molar refractivity (Wildman–Crippen MR) is 72.8 cm³/mol. The molecule has 5 nitrogen and oxygen atoms in total. The molecule has 18 heavy (non-hydrogen) atoms. The van der Waals surface area contributed by atoms with E-state index in [4.69, 9.17) is 5.84 Å². The molecular formula is C12H13N5S. The standard InChI is InChI=1S/C12H13N5S/c1-7-3-2-4-14-10(7)12-15-9-6-18-5-8(9)11(16-12)17-13/h2-4H,5-6,13H2,1H3,(H,15,16,17). The SMILES string of the molecule is Cc1cccnc1-c1nc2c(c(NN)n1)CSC2. The van der Waals surface area contributed by atoms with Gasteiger partial charge in [-0.2, -0.15) is 11.8 Å². The number of nitrogen functional groups attached to an aromatic ring is 1. The molecule has 0 saturated carbocycles. The minimum Gasteiger partial charge on any atom is -0.308 e. The third-order valence-corrected chi connectivity index (χ3v) is 3.91. The van der Waals surface area contributed by atoms with Crippen LogP contribution in [0.4, 0.5) is 5.82 Å². The summed E-state index contributed by atoms with van der Waals surface area (Å²) in [6.07, 6.45) is 1.75. The van der Waals surface area contributed by atoms with E-state index in [1.165, 1.54) is 0 Å². The van der Waals surface area contributed by atoms with Crippen molar-refractivity contribution in [3.8, 4) is 11.5 Å². The van der Waals surface area contributed by atoms with Crippen molar-refractivity contribution in [3.63, 3.8) is 0 Å². The first-order chi connectivity index (χ1) is 8.79. The lowest BCUT2D eigenvalue weighted by molar-refractivity contribution is 1.04. The molecule has 0 bridgehead atoms. The Labute approximate surface area is 109 Å². The monoisotopic (exact) mass is 259 g/mol. The van der Waals surface area contributed by atoms with Gasteiger partial charge >= 0.3 is 0 Å². The van der Waals surface area contributed by atoms with Crippen molar-refractivity contribution >= 4 is 17.6 Å². The second-order valence-corrected chi connectivity index (χ2v) is 5.11. The highest BCUT2D eigenvalue weighted by atomic mass is 32.2. The van der Waals surface area contributed by atoms with Crippen molar-refractivity contribution < 1.29 is 0 Å². The number of anilines is 1. The first kappa shape index (κ1) is 11.4. The highest BCUT2D eigenvalue weighted by molar-refractivity contribution is 7.98. The summed E-state index contributed by atoms with van der Waals surface area (Å²) in [5.74, 6) is 8.71. The van der Waals surface area contributed by atoms with E-state index in [9.17, 15) is 0 Å². The molecule has 0 radical (unpaired) electrons. The maximum Gasteiger partial charge on any atom is 0.180 e. The van der Waals surface area contributed by atoms with Crippen LogP contribution in [0.3, 0.4) is 0 Å². The molecule has 0 atom stereocenters. The Morgan fingerprint density at radius 2 is 2.22 bits per heavy atom. The van der Waals surface area contributed by atoms with Crippen LogP contribution in [-0.4, -0.2) is 15.0 Å². The average molecular weight is 259 g/mol. The van der Waals surface area contributed by atoms with Gasteiger partial charge in [0, 0.05) is 23.3 Å². The van der Waals surface area contributed by atoms with E-state index < -0.39 is 0 Å². The Morgan fingerprint density at radius 1 is 1.33 bits per heavy atom. The lowest BCUT2D eigenvalue weighted by Gasteiger charge is -2.09. The second-order valence-electron chi connectivity index (χ2n) is 4.13. The van der Waals surface area contributed by atoms with Gasteiger partial charge in [-0.25, -0.2) is 15.8 Å². The topological polar surface area (TPSA) is 76.7 Å². The average Bonchev–Trinajstić information content (AvgIpc) is 2.86. The molecule has 0 amide bonds. The van der Waals surface area contributed by atoms with Crippen LogP contribution in [0.5, 0.6) is 0 Å². The van der Waals surface area contributed by atoms with Gasteiger partial charge in [0.05, 0.1) is 5.69 Å². The van der Waals surface area contributed by atoms with E-state index in [2.05, 4.69) is 20.4 Å². The molecule has 6 heteroatoms. The van der Waals surface area contributed by atoms with Gasteiger partial charge in [-0.1, -0.05) is 6.07 Å². The molecule has 92 valence electrons. The maximum atomic E-state index is 5.54. The zero-order chi connectivity index (χ0) is 12.5. The number of nitrogens with zero attached hydrogens (tertiary/aromatic N) is 3. The van der Waals surface area contributed by atoms with Crippen molar-refractivity contribution in [2.24, 2.45) is 5.84 Å². The van der Waals surface area contributed by atoms with E-state index in [-0.39, 0.29) is 0 Å². The molecule has 0 spiro atoms. The summed E-state index contributed by atoms with van der Waals surface area (Å²) in [6.45, 7) is 2.00. The lowest BCUT2D eigenvalue weighted by atomic mass is 10.2. The van der Waals surface area contributed by atoms with E-state index >= 15 is 0 Å². The van der Waals surface area contributed by atoms with E-state index in [0.29, 0.717) is 11.6 Å². The molecule has 2 aromatic rings. The molecule has 1 aliphatic heterocycles. The molecule has 0 saturated heterocycles. The summed E-state index contributed by atoms with van der Waals surface area (Å²) in [7, 11) is 0. The van der Waals surface area contributed by atoms with Crippen LogP contribution in [0.15, 0.2) is 18.3 Å². The molecule has 1 aliphatic rings. The smallest absolute Gasteiger partial charge is 0.180 e. The van der Waals surface area contributed by atoms with Crippen molar-refractivity contribution in [2.45, 2.75) is 18.4 Å². The number of aryl methyl sites for hydroxylation is 1. The van der Waals surface area contributed by atoms with Crippen LogP contribution in [0.1, 0.15) is 16.8 Å². The summed E-state index contributed by atoms with van der Waals surface area (Å²) in [5, 5.41) is 0. The van der Waals surface area contributed by atoms with E-state index in [1.54, 1.807) is 6.20 Å². The fraction of sp³-hybridized carbons (Fsp3) is 0.250. The van der Waals surface area contributed by atoms with E-state index in [0.717, 1.165) is 34.0 Å². The molecule has 0 aliphatic carbocycles. The zero-order valence-electron chi connectivity index (χ0n) is 9.97. The fourth-order valence-electron chi connectivity index (χ4n) is 2.00. The van der Waals surface area contributed by atoms with Gasteiger partial charge in [-0.15, -0.1) is 0 Å². The quantitative estimate of drug-likeness (QED) is 0.633. The highest BCUT2D eigenvalue weighted by Crippen LogP contribution is 2.34. The third kappa shape index (κ3) is 1.83. The number of rotatable bonds is 2. The van der Waals surface area contributed by atoms with Crippen molar-refractivity contribution in [1.82, 2.24) is 15.0 Å². The van der Waals surface area contributed by atoms with Gasteiger partial charge in [0.15, 0.2) is 5.82 Å². The number of thioether (sulfide) groups is 1. The first-order valence-corrected chi connectivity index (χ1v) is 6.81. The number of nitrogens with one attached hydrogen (secondary N) is 1. The maximum absolute atomic E-state index is 5.54. The Kier molecular flexibility index (Phi) is 2.89. The number of aromatic nitrogens is 3. The zero-order valence-corrected chi connectivity index (χ0v) is 10.8. The molecule has 0 aromatic carbocycles. The molecule has 3 heterocycles. The number of hydrazine groups is 1. The number of hydrogen-bond acceptors (Lipinski definition) is 6. The third-order valence-electron chi connectivity index (χ3n) is 2.94. The molecule has 0 unspecified atom stereocenters. The number of pyridine rings is 1. The first-order valence-electron chi connectivity index (χ1n) is 5.65. The Hall–Kier alpha value is -1.66. The van der Waals surface area contributed by atoms with Crippen LogP contribution in [0, 0.1) is 6.92 Å². The minimum atomic E-state index is 0.641. The summed E-state index contributed by atoms with van der Waals surface area (Å²) in [5.41, 5.74) is 6.71. The van der Waals surface area contributed by atoms with Crippen LogP contribution in [0.2, 0.25) is 0 Å². The van der Waals surface area contributed by atoms with Crippen LogP contribution in [-0.2, 0) is 11.5 Å². The number of fused-ring (bicyclic) bond motifs is 1. The molecule has 2 aromatic heterocycles. The number of hydrogen-bond donors (Lipinski definition) is 2. The lowest BCUT2D eigenvalue weighted by Crippen LogP contribution is -2.13. The molecule has 3 rings (SSSR count). The normalized spacial score (nSPS) is 13.4. The van der Waals surface area contributed by atoms with Gasteiger partial charge in [-0.05, 0) is 18.6 Å². The summed E-state index contributed by atoms with van der Waals surface area (Å²) in [4.78, 5) is 13.4. The van der Waals surface area contributed by atoms with Crippen molar-refractivity contribution in [2.75, 3.05) is 5.43 Å². The Morgan fingerprint density at radius 3 is 3.00 bits per heavy atom. The van der Waals surface area contributed by atoms with Gasteiger partial charge in [0.2, 0.25) is 0 Å². The predicted octanol–water partition coefficient (Wildman–Crippen LogP) is 1.88. The molecule has 0 fully saturated rings. The second kappa shape index (κ2) is 4.55. The largest absolute Gasteiger partial charge is 0.308 e. The summed E-state index contributed by atoms with van der Waals surface area (Å²) >= 11 is 1.82. The minimum absolute atomic E-state index is 0.641. The van der Waals surface area contributed by atoms with Gasteiger partial charge in [0.1, 0.15) is 11.5 Å². The van der Waals surface area contributed by atoms with Crippen LogP contribution >= 0.6 is 11.8 Å². The summed E-state index contributed by atoms with van der Waals surface area (Å²) in [6, 6.07) is 3.91. The summed E-state index contributed by atoms with van der Waals surface area (Å²) < 4.78 is 0. The highest BCUT2D eigenvalue weighted by Gasteiger charge is 2.20. The van der Waals surface area contributed by atoms with E-state index in [1.807, 2.05) is 30.8 Å². The van der Waals surface area contributed by atoms with Gasteiger partial charge in [0.25, 0.3) is 0 Å². The van der Waals surface area contributed by atoms with Crippen molar-refractivity contribution in [3.05, 3.63) is 35.2 Å². The van der Waals surface area contributed by atoms with Crippen LogP contribution in [0.25, 0.3) is 11.5 Å². The Bertz CT molecular complexity index is 599. The Balaban J connectivity index is 2.17. The van der Waals surface area contributed by atoms with Crippen LogP contribution < -0.4 is 11.3 Å². The molecular weight excluding hydrogens is 246 g/mol. The molecule has 3 N–H and O–H groups in total. The van der Waals surface area contributed by atoms with Gasteiger partial charge in [-0.3, -0.25) is 4.98 Å². The fourth-order valence-corrected chi connectivity index (χ4v) is 3.04. The van der Waals surface area contributed by atoms with Gasteiger partial charge < -0.3 is 5.43 Å². The number of nitrogens with two attached hydrogens (primary N) is 1. The van der Waals surface area contributed by atoms with Crippen molar-refractivity contribution in [1.29, 1.82) is 0 Å².